The lowest BCUT2D eigenvalue weighted by Crippen LogP contribution is -2.11. The second kappa shape index (κ2) is 5.96. The number of non-ortho nitro benzene ring substituents is 1. The van der Waals surface area contributed by atoms with Gasteiger partial charge >= 0.3 is 0 Å². The lowest BCUT2D eigenvalue weighted by Gasteiger charge is -2.10. The quantitative estimate of drug-likeness (QED) is 0.484. The molecule has 10 heteroatoms. The third kappa shape index (κ3) is 3.12. The maximum atomic E-state index is 13.6. The average molecular weight is 295 g/mol. The summed E-state index contributed by atoms with van der Waals surface area (Å²) in [4.78, 5) is 17.3. The molecule has 0 radical (unpaired) electrons. The first-order valence-electron chi connectivity index (χ1n) is 5.54. The highest BCUT2D eigenvalue weighted by molar-refractivity contribution is 5.49. The van der Waals surface area contributed by atoms with Crippen LogP contribution in [0.25, 0.3) is 0 Å². The van der Waals surface area contributed by atoms with E-state index in [1.807, 2.05) is 0 Å². The Morgan fingerprint density at radius 1 is 1.43 bits per heavy atom. The van der Waals surface area contributed by atoms with Gasteiger partial charge in [0, 0.05) is 6.07 Å². The number of anilines is 1. The van der Waals surface area contributed by atoms with Crippen LogP contribution in [0.5, 0.6) is 17.4 Å². The number of benzene rings is 1. The van der Waals surface area contributed by atoms with Crippen molar-refractivity contribution in [3.05, 3.63) is 40.3 Å². The Morgan fingerprint density at radius 2 is 2.19 bits per heavy atom. The summed E-state index contributed by atoms with van der Waals surface area (Å²) in [7, 11) is 1.30. The molecule has 0 aliphatic carbocycles. The minimum atomic E-state index is -0.825. The molecule has 3 N–H and O–H groups in total. The van der Waals surface area contributed by atoms with E-state index in [2.05, 4.69) is 15.4 Å². The minimum Gasteiger partial charge on any atom is -0.493 e. The maximum Gasteiger partial charge on any atom is 0.273 e. The number of hydrogen-bond donors (Lipinski definition) is 2. The van der Waals surface area contributed by atoms with Crippen LogP contribution in [0.15, 0.2) is 24.4 Å². The first kappa shape index (κ1) is 14.4. The topological polar surface area (TPSA) is 125 Å². The summed E-state index contributed by atoms with van der Waals surface area (Å²) in [5, 5.41) is 10.7. The largest absolute Gasteiger partial charge is 0.493 e. The van der Waals surface area contributed by atoms with Gasteiger partial charge in [0.25, 0.3) is 11.6 Å². The summed E-state index contributed by atoms with van der Waals surface area (Å²) in [6.45, 7) is 0. The Kier molecular flexibility index (Phi) is 4.09. The van der Waals surface area contributed by atoms with Crippen molar-refractivity contribution in [3.8, 4) is 17.4 Å². The first-order valence-corrected chi connectivity index (χ1v) is 5.54. The van der Waals surface area contributed by atoms with E-state index < -0.39 is 16.6 Å². The van der Waals surface area contributed by atoms with Gasteiger partial charge in [-0.1, -0.05) is 0 Å². The van der Waals surface area contributed by atoms with E-state index in [0.717, 1.165) is 12.3 Å². The fourth-order valence-electron chi connectivity index (χ4n) is 1.45. The van der Waals surface area contributed by atoms with E-state index in [-0.39, 0.29) is 23.1 Å². The summed E-state index contributed by atoms with van der Waals surface area (Å²) < 4.78 is 23.8. The highest BCUT2D eigenvalue weighted by Crippen LogP contribution is 2.34. The fourth-order valence-corrected chi connectivity index (χ4v) is 1.45. The van der Waals surface area contributed by atoms with Crippen LogP contribution < -0.4 is 20.7 Å². The third-order valence-corrected chi connectivity index (χ3v) is 2.41. The molecule has 0 saturated carbocycles. The molecule has 0 fully saturated rings. The van der Waals surface area contributed by atoms with E-state index in [9.17, 15) is 14.5 Å². The Balaban J connectivity index is 2.37. The van der Waals surface area contributed by atoms with Crippen molar-refractivity contribution < 1.29 is 18.8 Å². The minimum absolute atomic E-state index is 0.0488. The average Bonchev–Trinajstić information content (AvgIpc) is 2.49. The number of hydrogen-bond acceptors (Lipinski definition) is 8. The van der Waals surface area contributed by atoms with Gasteiger partial charge in [-0.25, -0.2) is 10.8 Å². The molecule has 0 bridgehead atoms. The van der Waals surface area contributed by atoms with Crippen LogP contribution in [0.1, 0.15) is 0 Å². The molecule has 0 amide bonds. The lowest BCUT2D eigenvalue weighted by atomic mass is 10.3. The van der Waals surface area contributed by atoms with Gasteiger partial charge in [0.2, 0.25) is 11.8 Å². The van der Waals surface area contributed by atoms with Gasteiger partial charge in [0.1, 0.15) is 0 Å². The molecule has 0 saturated heterocycles. The summed E-state index contributed by atoms with van der Waals surface area (Å²) in [5.74, 6) is 3.97. The maximum absolute atomic E-state index is 13.6. The van der Waals surface area contributed by atoms with Crippen molar-refractivity contribution >= 4 is 11.6 Å². The fraction of sp³-hybridized carbons (Fsp3) is 0.0909. The number of ether oxygens (including phenoxy) is 2. The zero-order valence-electron chi connectivity index (χ0n) is 10.7. The molecule has 1 aromatic carbocycles. The van der Waals surface area contributed by atoms with Crippen LogP contribution in [0.3, 0.4) is 0 Å². The molecule has 1 aromatic heterocycles. The number of nitrogens with one attached hydrogen (secondary N) is 1. The predicted octanol–water partition coefficient (Wildman–Crippen LogP) is 1.61. The number of hydrazine groups is 1. The molecule has 0 aliphatic heterocycles. The van der Waals surface area contributed by atoms with Crippen LogP contribution in [-0.2, 0) is 0 Å². The number of nitro groups is 1. The van der Waals surface area contributed by atoms with Crippen LogP contribution in [0, 0.1) is 15.9 Å². The molecule has 0 atom stereocenters. The van der Waals surface area contributed by atoms with E-state index in [1.54, 1.807) is 0 Å². The van der Waals surface area contributed by atoms with Gasteiger partial charge in [-0.2, -0.15) is 9.37 Å². The number of aromatic nitrogens is 2. The van der Waals surface area contributed by atoms with Crippen LogP contribution in [-0.4, -0.2) is 22.0 Å². The van der Waals surface area contributed by atoms with Gasteiger partial charge in [-0.05, 0) is 6.07 Å². The Hall–Kier alpha value is -3.01. The molecule has 1 heterocycles. The van der Waals surface area contributed by atoms with Crippen molar-refractivity contribution in [2.75, 3.05) is 12.5 Å². The second-order valence-electron chi connectivity index (χ2n) is 3.69. The zero-order valence-corrected chi connectivity index (χ0v) is 10.7. The lowest BCUT2D eigenvalue weighted by molar-refractivity contribution is -0.384. The van der Waals surface area contributed by atoms with E-state index in [1.165, 1.54) is 19.2 Å². The number of nitrogens with zero attached hydrogens (tertiary/aromatic N) is 3. The second-order valence-corrected chi connectivity index (χ2v) is 3.69. The molecule has 0 spiro atoms. The highest BCUT2D eigenvalue weighted by Gasteiger charge is 2.16. The standard InChI is InChI=1S/C11H10FN5O4/c1-20-9-4-6(17(18)19)2-3-8(9)21-10-7(12)5-14-11(15-10)16-13/h2-5H,13H2,1H3,(H,14,15,16). The summed E-state index contributed by atoms with van der Waals surface area (Å²) in [5.41, 5.74) is 1.96. The zero-order chi connectivity index (χ0) is 15.4. The molecule has 21 heavy (non-hydrogen) atoms. The van der Waals surface area contributed by atoms with Crippen LogP contribution >= 0.6 is 0 Å². The van der Waals surface area contributed by atoms with E-state index in [4.69, 9.17) is 15.3 Å². The van der Waals surface area contributed by atoms with Crippen molar-refractivity contribution in [3.63, 3.8) is 0 Å². The van der Waals surface area contributed by atoms with Crippen molar-refractivity contribution in [2.45, 2.75) is 0 Å². The van der Waals surface area contributed by atoms with Crippen molar-refractivity contribution in [1.29, 1.82) is 0 Å². The molecule has 110 valence electrons. The SMILES string of the molecule is COc1cc([N+](=O)[O-])ccc1Oc1nc(NN)ncc1F. The Bertz CT molecular complexity index is 682. The molecular weight excluding hydrogens is 285 g/mol. The molecular formula is C11H10FN5O4. The number of rotatable bonds is 5. The van der Waals surface area contributed by atoms with Gasteiger partial charge in [-0.15, -0.1) is 0 Å². The summed E-state index contributed by atoms with van der Waals surface area (Å²) in [6, 6.07) is 3.61. The Labute approximate surface area is 117 Å². The monoisotopic (exact) mass is 295 g/mol. The molecule has 0 aliphatic rings. The summed E-state index contributed by atoms with van der Waals surface area (Å²) >= 11 is 0. The number of nitrogen functional groups attached to an aromatic ring is 1. The van der Waals surface area contributed by atoms with Gasteiger partial charge in [0.05, 0.1) is 24.3 Å². The number of nitro benzene ring substituents is 1. The van der Waals surface area contributed by atoms with Crippen LogP contribution in [0.2, 0.25) is 0 Å². The smallest absolute Gasteiger partial charge is 0.273 e. The van der Waals surface area contributed by atoms with Gasteiger partial charge in [0.15, 0.2) is 11.5 Å². The van der Waals surface area contributed by atoms with E-state index >= 15 is 0 Å². The molecule has 0 unspecified atom stereocenters. The van der Waals surface area contributed by atoms with Crippen LogP contribution in [0.4, 0.5) is 16.0 Å². The molecule has 2 rings (SSSR count). The van der Waals surface area contributed by atoms with Gasteiger partial charge in [-0.3, -0.25) is 15.5 Å². The first-order chi connectivity index (χ1) is 10.0. The van der Waals surface area contributed by atoms with Crippen molar-refractivity contribution in [2.24, 2.45) is 5.84 Å². The van der Waals surface area contributed by atoms with Gasteiger partial charge < -0.3 is 9.47 Å². The summed E-state index contributed by atoms with van der Waals surface area (Å²) in [6.07, 6.45) is 0.870. The third-order valence-electron chi connectivity index (χ3n) is 2.41. The normalized spacial score (nSPS) is 10.0. The molecule has 2 aromatic rings. The number of halogens is 1. The number of nitrogens with two attached hydrogens (primary N) is 1. The van der Waals surface area contributed by atoms with E-state index in [0.29, 0.717) is 0 Å². The number of methoxy groups -OCH3 is 1. The molecule has 9 nitrogen and oxygen atoms in total. The highest BCUT2D eigenvalue weighted by atomic mass is 19.1. The van der Waals surface area contributed by atoms with Crippen molar-refractivity contribution in [1.82, 2.24) is 9.97 Å². The predicted molar refractivity (Wildman–Crippen MR) is 69.5 cm³/mol. The Morgan fingerprint density at radius 3 is 2.81 bits per heavy atom.